The third kappa shape index (κ3) is 2.25. The highest BCUT2D eigenvalue weighted by Gasteiger charge is 2.33. The summed E-state index contributed by atoms with van der Waals surface area (Å²) in [6.07, 6.45) is 5.86. The molecule has 15 heavy (non-hydrogen) atoms. The Hall–Kier alpha value is -0.770. The normalized spacial score (nSPS) is 25.4. The molecule has 4 heteroatoms. The maximum Gasteiger partial charge on any atom is 0.191 e. The van der Waals surface area contributed by atoms with E-state index < -0.39 is 0 Å². The van der Waals surface area contributed by atoms with Gasteiger partial charge in [0.15, 0.2) is 5.96 Å². The van der Waals surface area contributed by atoms with Gasteiger partial charge in [0.25, 0.3) is 0 Å². The maximum absolute atomic E-state index is 9.42. The molecule has 0 unspecified atom stereocenters. The molecule has 0 atom stereocenters. The summed E-state index contributed by atoms with van der Waals surface area (Å²) < 4.78 is 0. The average molecular weight is 211 g/mol. The van der Waals surface area contributed by atoms with Gasteiger partial charge in [0.05, 0.1) is 13.2 Å². The van der Waals surface area contributed by atoms with Crippen molar-refractivity contribution in [2.75, 3.05) is 26.2 Å². The van der Waals surface area contributed by atoms with Crippen molar-refractivity contribution in [2.45, 2.75) is 32.1 Å². The van der Waals surface area contributed by atoms with E-state index >= 15 is 0 Å². The molecule has 1 heterocycles. The lowest BCUT2D eigenvalue weighted by molar-refractivity contribution is 0.138. The Morgan fingerprint density at radius 3 is 2.40 bits per heavy atom. The van der Waals surface area contributed by atoms with Crippen LogP contribution in [0.15, 0.2) is 4.99 Å². The zero-order chi connectivity index (χ0) is 10.7. The van der Waals surface area contributed by atoms with E-state index in [1.54, 1.807) is 0 Å². The fraction of sp³-hybridized carbons (Fsp3) is 0.909. The second kappa shape index (κ2) is 4.39. The molecule has 0 aromatic carbocycles. The van der Waals surface area contributed by atoms with Gasteiger partial charge < -0.3 is 15.7 Å². The summed E-state index contributed by atoms with van der Waals surface area (Å²) >= 11 is 0. The number of rotatable bonds is 3. The van der Waals surface area contributed by atoms with Crippen molar-refractivity contribution in [1.29, 1.82) is 0 Å². The van der Waals surface area contributed by atoms with Gasteiger partial charge in [0.2, 0.25) is 0 Å². The molecule has 2 rings (SSSR count). The number of nitrogens with zero attached hydrogens (tertiary/aromatic N) is 2. The second-order valence-electron chi connectivity index (χ2n) is 4.88. The number of nitrogens with two attached hydrogens (primary N) is 1. The van der Waals surface area contributed by atoms with E-state index in [2.05, 4.69) is 9.89 Å². The fourth-order valence-electron chi connectivity index (χ4n) is 2.39. The SMILES string of the molecule is NC(=NCC1(CO)CCCC1)N1CCC1. The highest BCUT2D eigenvalue weighted by molar-refractivity contribution is 5.78. The molecule has 0 amide bonds. The standard InChI is InChI=1S/C11H21N3O/c12-10(14-6-3-7-14)13-8-11(9-15)4-1-2-5-11/h15H,1-9H2,(H2,12,13). The number of aliphatic imine (C=N–C) groups is 1. The van der Waals surface area contributed by atoms with E-state index in [0.717, 1.165) is 25.9 Å². The summed E-state index contributed by atoms with van der Waals surface area (Å²) in [7, 11) is 0. The first-order valence-corrected chi connectivity index (χ1v) is 5.92. The summed E-state index contributed by atoms with van der Waals surface area (Å²) in [4.78, 5) is 6.53. The van der Waals surface area contributed by atoms with Crippen LogP contribution in [0.4, 0.5) is 0 Å². The van der Waals surface area contributed by atoms with Crippen molar-refractivity contribution < 1.29 is 5.11 Å². The third-order valence-electron chi connectivity index (χ3n) is 3.76. The molecule has 0 aromatic heterocycles. The summed E-state index contributed by atoms with van der Waals surface area (Å²) in [5.74, 6) is 0.668. The van der Waals surface area contributed by atoms with Crippen LogP contribution in [0.1, 0.15) is 32.1 Å². The summed E-state index contributed by atoms with van der Waals surface area (Å²) in [6.45, 7) is 3.04. The number of likely N-dealkylation sites (tertiary alicyclic amines) is 1. The molecule has 1 aliphatic heterocycles. The van der Waals surface area contributed by atoms with Crippen LogP contribution in [0, 0.1) is 5.41 Å². The smallest absolute Gasteiger partial charge is 0.191 e. The largest absolute Gasteiger partial charge is 0.396 e. The van der Waals surface area contributed by atoms with E-state index in [1.807, 2.05) is 0 Å². The first-order chi connectivity index (χ1) is 7.26. The van der Waals surface area contributed by atoms with Gasteiger partial charge in [-0.25, -0.2) is 0 Å². The van der Waals surface area contributed by atoms with Gasteiger partial charge in [-0.15, -0.1) is 0 Å². The van der Waals surface area contributed by atoms with E-state index in [9.17, 15) is 5.11 Å². The Morgan fingerprint density at radius 1 is 1.27 bits per heavy atom. The highest BCUT2D eigenvalue weighted by atomic mass is 16.3. The van der Waals surface area contributed by atoms with Crippen molar-refractivity contribution in [3.05, 3.63) is 0 Å². The van der Waals surface area contributed by atoms with Gasteiger partial charge >= 0.3 is 0 Å². The summed E-state index contributed by atoms with van der Waals surface area (Å²) in [6, 6.07) is 0. The van der Waals surface area contributed by atoms with E-state index in [0.29, 0.717) is 12.5 Å². The molecule has 0 bridgehead atoms. The highest BCUT2D eigenvalue weighted by Crippen LogP contribution is 2.37. The minimum atomic E-state index is 0.0372. The first kappa shape index (κ1) is 10.7. The van der Waals surface area contributed by atoms with Crippen LogP contribution in [0.25, 0.3) is 0 Å². The lowest BCUT2D eigenvalue weighted by atomic mass is 9.87. The molecule has 3 N–H and O–H groups in total. The predicted octanol–water partition coefficient (Wildman–Crippen LogP) is 0.559. The number of guanidine groups is 1. The van der Waals surface area contributed by atoms with Crippen molar-refractivity contribution in [1.82, 2.24) is 4.90 Å². The second-order valence-corrected chi connectivity index (χ2v) is 4.88. The Labute approximate surface area is 91.2 Å². The minimum absolute atomic E-state index is 0.0372. The number of hydrogen-bond acceptors (Lipinski definition) is 2. The fourth-order valence-corrected chi connectivity index (χ4v) is 2.39. The van der Waals surface area contributed by atoms with Crippen molar-refractivity contribution in [3.63, 3.8) is 0 Å². The Kier molecular flexibility index (Phi) is 3.14. The topological polar surface area (TPSA) is 61.9 Å². The van der Waals surface area contributed by atoms with Gasteiger partial charge in [-0.05, 0) is 19.3 Å². The lowest BCUT2D eigenvalue weighted by Gasteiger charge is -2.32. The number of aliphatic hydroxyl groups is 1. The van der Waals surface area contributed by atoms with Crippen LogP contribution in [-0.2, 0) is 0 Å². The molecule has 0 aromatic rings. The van der Waals surface area contributed by atoms with Crippen LogP contribution in [0.2, 0.25) is 0 Å². The van der Waals surface area contributed by atoms with Crippen LogP contribution >= 0.6 is 0 Å². The number of hydrogen-bond donors (Lipinski definition) is 2. The monoisotopic (exact) mass is 211 g/mol. The van der Waals surface area contributed by atoms with Gasteiger partial charge in [0, 0.05) is 18.5 Å². The van der Waals surface area contributed by atoms with Crippen molar-refractivity contribution in [2.24, 2.45) is 16.1 Å². The Balaban J connectivity index is 1.89. The minimum Gasteiger partial charge on any atom is -0.396 e. The quantitative estimate of drug-likeness (QED) is 0.529. The van der Waals surface area contributed by atoms with Crippen LogP contribution in [0.3, 0.4) is 0 Å². The zero-order valence-corrected chi connectivity index (χ0v) is 9.28. The molecule has 2 fully saturated rings. The van der Waals surface area contributed by atoms with Crippen molar-refractivity contribution >= 4 is 5.96 Å². The average Bonchev–Trinajstić information content (AvgIpc) is 2.61. The molecular formula is C11H21N3O. The predicted molar refractivity (Wildman–Crippen MR) is 60.7 cm³/mol. The molecule has 0 radical (unpaired) electrons. The first-order valence-electron chi connectivity index (χ1n) is 5.92. The molecule has 1 saturated heterocycles. The molecule has 1 saturated carbocycles. The third-order valence-corrected chi connectivity index (χ3v) is 3.76. The van der Waals surface area contributed by atoms with Gasteiger partial charge in [0.1, 0.15) is 0 Å². The van der Waals surface area contributed by atoms with E-state index in [4.69, 9.17) is 5.73 Å². The van der Waals surface area contributed by atoms with E-state index in [-0.39, 0.29) is 12.0 Å². The van der Waals surface area contributed by atoms with Crippen LogP contribution in [-0.4, -0.2) is 42.2 Å². The number of aliphatic hydroxyl groups excluding tert-OH is 1. The van der Waals surface area contributed by atoms with Crippen molar-refractivity contribution in [3.8, 4) is 0 Å². The lowest BCUT2D eigenvalue weighted by Crippen LogP contribution is -2.47. The zero-order valence-electron chi connectivity index (χ0n) is 9.28. The summed E-state index contributed by atoms with van der Waals surface area (Å²) in [5, 5.41) is 9.42. The molecule has 0 spiro atoms. The van der Waals surface area contributed by atoms with Gasteiger partial charge in [-0.3, -0.25) is 4.99 Å². The van der Waals surface area contributed by atoms with Gasteiger partial charge in [-0.2, -0.15) is 0 Å². The Morgan fingerprint density at radius 2 is 1.93 bits per heavy atom. The molecule has 4 nitrogen and oxygen atoms in total. The van der Waals surface area contributed by atoms with Crippen LogP contribution < -0.4 is 5.73 Å². The molecule has 2 aliphatic rings. The van der Waals surface area contributed by atoms with E-state index in [1.165, 1.54) is 19.3 Å². The summed E-state index contributed by atoms with van der Waals surface area (Å²) in [5.41, 5.74) is 5.90. The molecular weight excluding hydrogens is 190 g/mol. The Bertz CT molecular complexity index is 242. The maximum atomic E-state index is 9.42. The van der Waals surface area contributed by atoms with Gasteiger partial charge in [-0.1, -0.05) is 12.8 Å². The molecule has 1 aliphatic carbocycles. The van der Waals surface area contributed by atoms with Crippen LogP contribution in [0.5, 0.6) is 0 Å². The molecule has 86 valence electrons.